The summed E-state index contributed by atoms with van der Waals surface area (Å²) < 4.78 is 9.32. The maximum Gasteiger partial charge on any atom is 0.322 e. The van der Waals surface area contributed by atoms with Crippen LogP contribution < -0.4 is 10.6 Å². The normalized spacial score (nSPS) is 11.9. The number of ether oxygens (including phenoxy) is 2. The van der Waals surface area contributed by atoms with Gasteiger partial charge < -0.3 is 20.1 Å². The van der Waals surface area contributed by atoms with E-state index >= 15 is 0 Å². The van der Waals surface area contributed by atoms with Gasteiger partial charge in [0.05, 0.1) is 13.7 Å². The predicted molar refractivity (Wildman–Crippen MR) is 59.0 cm³/mol. The number of nitrogens with one attached hydrogen (secondary N) is 2. The fourth-order valence-electron chi connectivity index (χ4n) is 1.04. The molecule has 0 rings (SSSR count). The Morgan fingerprint density at radius 1 is 1.25 bits per heavy atom. The molecule has 94 valence electrons. The number of carbonyl (C=O) groups is 2. The molecule has 6 nitrogen and oxygen atoms in total. The molecule has 0 fully saturated rings. The van der Waals surface area contributed by atoms with Gasteiger partial charge in [0.1, 0.15) is 6.04 Å². The first-order valence-electron chi connectivity index (χ1n) is 5.18. The van der Waals surface area contributed by atoms with Gasteiger partial charge in [-0.05, 0) is 6.92 Å². The second kappa shape index (κ2) is 9.11. The minimum atomic E-state index is -0.392. The van der Waals surface area contributed by atoms with Gasteiger partial charge in [-0.2, -0.15) is 0 Å². The summed E-state index contributed by atoms with van der Waals surface area (Å²) in [5.41, 5.74) is 0. The smallest absolute Gasteiger partial charge is 0.322 e. The van der Waals surface area contributed by atoms with Crippen molar-refractivity contribution in [2.24, 2.45) is 0 Å². The van der Waals surface area contributed by atoms with E-state index < -0.39 is 6.04 Å². The molecule has 1 atom stereocenters. The Balaban J connectivity index is 3.50. The third kappa shape index (κ3) is 7.19. The molecule has 2 N–H and O–H groups in total. The molecule has 0 aromatic heterocycles. The SMILES string of the molecule is COCCNC(=O)CCNC(C)C(=O)OC. The zero-order valence-corrected chi connectivity index (χ0v) is 10.0. The van der Waals surface area contributed by atoms with Crippen LogP contribution in [-0.2, 0) is 19.1 Å². The van der Waals surface area contributed by atoms with E-state index in [9.17, 15) is 9.59 Å². The summed E-state index contributed by atoms with van der Waals surface area (Å²) >= 11 is 0. The molecule has 1 unspecified atom stereocenters. The third-order valence-electron chi connectivity index (χ3n) is 1.99. The number of carbonyl (C=O) groups excluding carboxylic acids is 2. The van der Waals surface area contributed by atoms with Crippen LogP contribution in [0.3, 0.4) is 0 Å². The van der Waals surface area contributed by atoms with Crippen LogP contribution in [0.25, 0.3) is 0 Å². The molecule has 0 spiro atoms. The van der Waals surface area contributed by atoms with Crippen LogP contribution in [0.15, 0.2) is 0 Å². The highest BCUT2D eigenvalue weighted by Crippen LogP contribution is 1.86. The maximum absolute atomic E-state index is 11.2. The van der Waals surface area contributed by atoms with Gasteiger partial charge in [-0.1, -0.05) is 0 Å². The number of hydrogen-bond donors (Lipinski definition) is 2. The zero-order valence-electron chi connectivity index (χ0n) is 10.0. The van der Waals surface area contributed by atoms with Crippen molar-refractivity contribution >= 4 is 11.9 Å². The summed E-state index contributed by atoms with van der Waals surface area (Å²) in [5, 5.41) is 5.57. The van der Waals surface area contributed by atoms with Crippen molar-refractivity contribution in [2.75, 3.05) is 33.9 Å². The lowest BCUT2D eigenvalue weighted by molar-refractivity contribution is -0.142. The molecule has 0 aromatic rings. The molecular formula is C10H20N2O4. The maximum atomic E-state index is 11.2. The van der Waals surface area contributed by atoms with Crippen molar-refractivity contribution in [1.82, 2.24) is 10.6 Å². The highest BCUT2D eigenvalue weighted by molar-refractivity contribution is 5.77. The first kappa shape index (κ1) is 14.9. The highest BCUT2D eigenvalue weighted by Gasteiger charge is 2.11. The molecule has 0 bridgehead atoms. The van der Waals surface area contributed by atoms with Crippen LogP contribution in [0.5, 0.6) is 0 Å². The molecule has 0 heterocycles. The lowest BCUT2D eigenvalue weighted by atomic mass is 10.3. The van der Waals surface area contributed by atoms with Crippen molar-refractivity contribution in [3.63, 3.8) is 0 Å². The van der Waals surface area contributed by atoms with E-state index in [1.165, 1.54) is 7.11 Å². The molecule has 0 radical (unpaired) electrons. The summed E-state index contributed by atoms with van der Waals surface area (Å²) in [6, 6.07) is -0.392. The second-order valence-electron chi connectivity index (χ2n) is 3.29. The molecule has 0 saturated heterocycles. The average molecular weight is 232 g/mol. The van der Waals surface area contributed by atoms with Crippen molar-refractivity contribution in [2.45, 2.75) is 19.4 Å². The van der Waals surface area contributed by atoms with Gasteiger partial charge in [-0.25, -0.2) is 0 Å². The number of rotatable bonds is 8. The van der Waals surface area contributed by atoms with E-state index in [1.54, 1.807) is 14.0 Å². The van der Waals surface area contributed by atoms with E-state index in [0.29, 0.717) is 26.1 Å². The van der Waals surface area contributed by atoms with Crippen molar-refractivity contribution in [1.29, 1.82) is 0 Å². The predicted octanol–water partition coefficient (Wildman–Crippen LogP) is -0.710. The third-order valence-corrected chi connectivity index (χ3v) is 1.99. The van der Waals surface area contributed by atoms with E-state index in [-0.39, 0.29) is 11.9 Å². The van der Waals surface area contributed by atoms with Crippen LogP contribution in [-0.4, -0.2) is 51.8 Å². The first-order chi connectivity index (χ1) is 7.61. The summed E-state index contributed by atoms with van der Waals surface area (Å²) in [7, 11) is 2.91. The molecule has 0 aliphatic rings. The number of esters is 1. The quantitative estimate of drug-likeness (QED) is 0.427. The molecule has 0 aliphatic carbocycles. The Bertz CT molecular complexity index is 221. The lowest BCUT2D eigenvalue weighted by Gasteiger charge is -2.11. The van der Waals surface area contributed by atoms with Crippen LogP contribution in [0.4, 0.5) is 0 Å². The summed E-state index contributed by atoms with van der Waals surface area (Å²) in [5.74, 6) is -0.401. The van der Waals surface area contributed by atoms with Crippen LogP contribution in [0.1, 0.15) is 13.3 Å². The molecular weight excluding hydrogens is 212 g/mol. The summed E-state index contributed by atoms with van der Waals surface area (Å²) in [4.78, 5) is 22.2. The number of hydrogen-bond acceptors (Lipinski definition) is 5. The molecule has 1 amide bonds. The van der Waals surface area contributed by atoms with Gasteiger partial charge in [0.25, 0.3) is 0 Å². The van der Waals surface area contributed by atoms with Crippen molar-refractivity contribution in [3.05, 3.63) is 0 Å². The van der Waals surface area contributed by atoms with Gasteiger partial charge in [0.15, 0.2) is 0 Å². The van der Waals surface area contributed by atoms with Crippen LogP contribution in [0, 0.1) is 0 Å². The Labute approximate surface area is 95.7 Å². The zero-order chi connectivity index (χ0) is 12.4. The molecule has 0 aromatic carbocycles. The fraction of sp³-hybridized carbons (Fsp3) is 0.800. The second-order valence-corrected chi connectivity index (χ2v) is 3.29. The van der Waals surface area contributed by atoms with Crippen molar-refractivity contribution in [3.8, 4) is 0 Å². The largest absolute Gasteiger partial charge is 0.468 e. The van der Waals surface area contributed by atoms with Gasteiger partial charge in [0, 0.05) is 26.6 Å². The summed E-state index contributed by atoms with van der Waals surface area (Å²) in [6.45, 7) is 3.13. The molecule has 16 heavy (non-hydrogen) atoms. The lowest BCUT2D eigenvalue weighted by Crippen LogP contribution is -2.37. The average Bonchev–Trinajstić information content (AvgIpc) is 2.28. The number of methoxy groups -OCH3 is 2. The van der Waals surface area contributed by atoms with E-state index in [4.69, 9.17) is 4.74 Å². The van der Waals surface area contributed by atoms with E-state index in [1.807, 2.05) is 0 Å². The Hall–Kier alpha value is -1.14. The first-order valence-corrected chi connectivity index (χ1v) is 5.18. The molecule has 0 aliphatic heterocycles. The van der Waals surface area contributed by atoms with E-state index in [0.717, 1.165) is 0 Å². The fourth-order valence-corrected chi connectivity index (χ4v) is 1.04. The topological polar surface area (TPSA) is 76.7 Å². The van der Waals surface area contributed by atoms with Gasteiger partial charge in [-0.15, -0.1) is 0 Å². The van der Waals surface area contributed by atoms with Crippen LogP contribution >= 0.6 is 0 Å². The minimum absolute atomic E-state index is 0.0679. The Morgan fingerprint density at radius 2 is 1.94 bits per heavy atom. The summed E-state index contributed by atoms with van der Waals surface area (Å²) in [6.07, 6.45) is 0.324. The highest BCUT2D eigenvalue weighted by atomic mass is 16.5. The van der Waals surface area contributed by atoms with Crippen LogP contribution in [0.2, 0.25) is 0 Å². The molecule has 0 saturated carbocycles. The monoisotopic (exact) mass is 232 g/mol. The van der Waals surface area contributed by atoms with Gasteiger partial charge in [0.2, 0.25) is 5.91 Å². The van der Waals surface area contributed by atoms with Gasteiger partial charge in [-0.3, -0.25) is 9.59 Å². The Kier molecular flexibility index (Phi) is 8.46. The van der Waals surface area contributed by atoms with Gasteiger partial charge >= 0.3 is 5.97 Å². The molecule has 6 heteroatoms. The van der Waals surface area contributed by atoms with E-state index in [2.05, 4.69) is 15.4 Å². The number of amides is 1. The standard InChI is InChI=1S/C10H20N2O4/c1-8(10(14)16-3)11-5-4-9(13)12-6-7-15-2/h8,11H,4-7H2,1-3H3,(H,12,13). The minimum Gasteiger partial charge on any atom is -0.468 e. The Morgan fingerprint density at radius 3 is 2.50 bits per heavy atom. The van der Waals surface area contributed by atoms with Crippen molar-refractivity contribution < 1.29 is 19.1 Å².